The van der Waals surface area contributed by atoms with E-state index in [1.54, 1.807) is 24.1 Å². The number of carbonyl (C=O) groups is 2. The summed E-state index contributed by atoms with van der Waals surface area (Å²) in [6.45, 7) is 0.586. The van der Waals surface area contributed by atoms with E-state index in [4.69, 9.17) is 0 Å². The molecule has 5 nitrogen and oxygen atoms in total. The predicted octanol–water partition coefficient (Wildman–Crippen LogP) is -0.0479. The van der Waals surface area contributed by atoms with Gasteiger partial charge in [-0.05, 0) is 18.6 Å². The number of ketones is 2. The molecule has 1 spiro atoms. The van der Waals surface area contributed by atoms with Gasteiger partial charge in [-0.1, -0.05) is 12.2 Å². The van der Waals surface area contributed by atoms with Crippen LogP contribution in [0, 0.1) is 5.41 Å². The monoisotopic (exact) mass is 275 g/mol. The smallest absolute Gasteiger partial charge is 0.202 e. The summed E-state index contributed by atoms with van der Waals surface area (Å²) in [7, 11) is 1.78. The lowest BCUT2D eigenvalue weighted by Crippen LogP contribution is -2.50. The molecule has 3 atom stereocenters. The highest BCUT2D eigenvalue weighted by Crippen LogP contribution is 2.47. The Morgan fingerprint density at radius 3 is 2.65 bits per heavy atom. The molecule has 0 aromatic carbocycles. The van der Waals surface area contributed by atoms with Crippen LogP contribution in [0.2, 0.25) is 0 Å². The number of carbonyl (C=O) groups excluding carboxylic acids is 2. The van der Waals surface area contributed by atoms with Gasteiger partial charge in [0.1, 0.15) is 0 Å². The Balaban J connectivity index is 2.20. The fourth-order valence-electron chi connectivity index (χ4n) is 3.38. The van der Waals surface area contributed by atoms with Gasteiger partial charge in [-0.2, -0.15) is 0 Å². The molecule has 3 aliphatic rings. The normalized spacial score (nSPS) is 36.9. The molecule has 0 aromatic rings. The second kappa shape index (κ2) is 4.40. The van der Waals surface area contributed by atoms with Crippen molar-refractivity contribution >= 4 is 11.6 Å². The highest BCUT2D eigenvalue weighted by Gasteiger charge is 2.50. The number of hydrogen-bond acceptors (Lipinski definition) is 5. The van der Waals surface area contributed by atoms with Gasteiger partial charge in [-0.3, -0.25) is 9.59 Å². The first-order chi connectivity index (χ1) is 9.45. The van der Waals surface area contributed by atoms with E-state index in [9.17, 15) is 19.8 Å². The standard InChI is InChI=1S/C15H17NO4/c1-16-7-6-15(5-4-9(17)8-12(15)20)13-10(18)2-3-11(19)14(13)16/h2-5,9,12,17,20H,6-8H2,1H3/t9-,12-,15-/m0/s1. The third-order valence-electron chi connectivity index (χ3n) is 4.49. The quantitative estimate of drug-likeness (QED) is 0.479. The number of hydrogen-bond donors (Lipinski definition) is 2. The van der Waals surface area contributed by atoms with Crippen LogP contribution in [-0.4, -0.2) is 52.5 Å². The lowest BCUT2D eigenvalue weighted by molar-refractivity contribution is -0.118. The van der Waals surface area contributed by atoms with E-state index in [1.165, 1.54) is 12.2 Å². The zero-order valence-corrected chi connectivity index (χ0v) is 11.2. The predicted molar refractivity (Wildman–Crippen MR) is 71.6 cm³/mol. The van der Waals surface area contributed by atoms with Crippen molar-refractivity contribution in [2.24, 2.45) is 5.41 Å². The first kappa shape index (κ1) is 13.3. The van der Waals surface area contributed by atoms with Crippen LogP contribution < -0.4 is 0 Å². The maximum absolute atomic E-state index is 12.3. The van der Waals surface area contributed by atoms with Crippen molar-refractivity contribution in [1.82, 2.24) is 4.90 Å². The molecule has 0 saturated heterocycles. The Kier molecular flexibility index (Phi) is 2.92. The van der Waals surface area contributed by atoms with E-state index < -0.39 is 17.6 Å². The second-order valence-corrected chi connectivity index (χ2v) is 5.68. The van der Waals surface area contributed by atoms with Crippen LogP contribution in [0.5, 0.6) is 0 Å². The van der Waals surface area contributed by atoms with Gasteiger partial charge < -0.3 is 15.1 Å². The minimum Gasteiger partial charge on any atom is -0.392 e. The van der Waals surface area contributed by atoms with Crippen LogP contribution in [0.3, 0.4) is 0 Å². The summed E-state index contributed by atoms with van der Waals surface area (Å²) >= 11 is 0. The van der Waals surface area contributed by atoms with Crippen molar-refractivity contribution in [3.63, 3.8) is 0 Å². The number of nitrogens with zero attached hydrogens (tertiary/aromatic N) is 1. The lowest BCUT2D eigenvalue weighted by Gasteiger charge is -2.46. The van der Waals surface area contributed by atoms with Crippen LogP contribution in [0.25, 0.3) is 0 Å². The second-order valence-electron chi connectivity index (χ2n) is 5.68. The van der Waals surface area contributed by atoms with Gasteiger partial charge >= 0.3 is 0 Å². The Bertz CT molecular complexity index is 574. The van der Waals surface area contributed by atoms with Crippen LogP contribution >= 0.6 is 0 Å². The molecule has 2 N–H and O–H groups in total. The first-order valence-electron chi connectivity index (χ1n) is 6.74. The molecular formula is C15H17NO4. The fourth-order valence-corrected chi connectivity index (χ4v) is 3.38. The van der Waals surface area contributed by atoms with Gasteiger partial charge in [0.25, 0.3) is 0 Å². The number of fused-ring (bicyclic) bond motifs is 1. The largest absolute Gasteiger partial charge is 0.392 e. The molecule has 0 aromatic heterocycles. The Morgan fingerprint density at radius 1 is 1.25 bits per heavy atom. The number of rotatable bonds is 0. The molecule has 2 aliphatic carbocycles. The maximum Gasteiger partial charge on any atom is 0.202 e. The molecule has 106 valence electrons. The van der Waals surface area contributed by atoms with E-state index >= 15 is 0 Å². The van der Waals surface area contributed by atoms with E-state index in [-0.39, 0.29) is 18.0 Å². The van der Waals surface area contributed by atoms with Gasteiger partial charge in [0.05, 0.1) is 17.9 Å². The van der Waals surface area contributed by atoms with Crippen molar-refractivity contribution < 1.29 is 19.8 Å². The van der Waals surface area contributed by atoms with E-state index in [1.807, 2.05) is 0 Å². The summed E-state index contributed by atoms with van der Waals surface area (Å²) in [6.07, 6.45) is 5.05. The average molecular weight is 275 g/mol. The average Bonchev–Trinajstić information content (AvgIpc) is 2.41. The SMILES string of the molecule is CN1CC[C@]2(C=C[C@H](O)C[C@@H]2O)C2=C1C(=O)C=CC2=O. The van der Waals surface area contributed by atoms with Gasteiger partial charge in [0.15, 0.2) is 5.78 Å². The molecule has 1 heterocycles. The summed E-state index contributed by atoms with van der Waals surface area (Å²) in [4.78, 5) is 26.2. The number of aliphatic hydroxyl groups excluding tert-OH is 2. The van der Waals surface area contributed by atoms with E-state index in [0.29, 0.717) is 24.2 Å². The number of likely N-dealkylation sites (N-methyl/N-ethyl adjacent to an activating group) is 1. The minimum absolute atomic E-state index is 0.183. The first-order valence-corrected chi connectivity index (χ1v) is 6.74. The zero-order valence-electron chi connectivity index (χ0n) is 11.2. The van der Waals surface area contributed by atoms with Crippen molar-refractivity contribution in [2.45, 2.75) is 25.0 Å². The molecule has 1 aliphatic heterocycles. The Morgan fingerprint density at radius 2 is 1.95 bits per heavy atom. The molecule has 0 unspecified atom stereocenters. The molecule has 20 heavy (non-hydrogen) atoms. The highest BCUT2D eigenvalue weighted by molar-refractivity contribution is 6.20. The molecule has 0 bridgehead atoms. The molecule has 0 radical (unpaired) electrons. The molecule has 0 fully saturated rings. The molecule has 0 saturated carbocycles. The maximum atomic E-state index is 12.3. The Hall–Kier alpha value is -1.72. The van der Waals surface area contributed by atoms with Gasteiger partial charge in [-0.15, -0.1) is 0 Å². The van der Waals surface area contributed by atoms with Gasteiger partial charge in [0, 0.05) is 31.0 Å². The Labute approximate surface area is 116 Å². The molecule has 0 amide bonds. The minimum atomic E-state index is -0.857. The third-order valence-corrected chi connectivity index (χ3v) is 4.49. The summed E-state index contributed by atoms with van der Waals surface area (Å²) < 4.78 is 0. The number of aliphatic hydroxyl groups is 2. The van der Waals surface area contributed by atoms with Crippen LogP contribution in [0.1, 0.15) is 12.8 Å². The van der Waals surface area contributed by atoms with Gasteiger partial charge in [-0.25, -0.2) is 0 Å². The van der Waals surface area contributed by atoms with Crippen LogP contribution in [0.15, 0.2) is 35.6 Å². The summed E-state index contributed by atoms with van der Waals surface area (Å²) in [5.41, 5.74) is -0.100. The zero-order chi connectivity index (χ0) is 14.5. The van der Waals surface area contributed by atoms with Crippen molar-refractivity contribution in [3.05, 3.63) is 35.6 Å². The van der Waals surface area contributed by atoms with E-state index in [0.717, 1.165) is 0 Å². The fraction of sp³-hybridized carbons (Fsp3) is 0.467. The molecule has 3 rings (SSSR count). The lowest BCUT2D eigenvalue weighted by atomic mass is 9.63. The summed E-state index contributed by atoms with van der Waals surface area (Å²) in [6, 6.07) is 0. The third kappa shape index (κ3) is 1.70. The summed E-state index contributed by atoms with van der Waals surface area (Å²) in [5.74, 6) is -0.431. The van der Waals surface area contributed by atoms with Crippen LogP contribution in [0.4, 0.5) is 0 Å². The van der Waals surface area contributed by atoms with Crippen molar-refractivity contribution in [3.8, 4) is 0 Å². The number of allylic oxidation sites excluding steroid dienone is 2. The summed E-state index contributed by atoms with van der Waals surface area (Å²) in [5, 5.41) is 20.1. The molecular weight excluding hydrogens is 258 g/mol. The molecule has 5 heteroatoms. The van der Waals surface area contributed by atoms with E-state index in [2.05, 4.69) is 0 Å². The van der Waals surface area contributed by atoms with Crippen molar-refractivity contribution in [1.29, 1.82) is 0 Å². The van der Waals surface area contributed by atoms with Crippen molar-refractivity contribution in [2.75, 3.05) is 13.6 Å². The highest BCUT2D eigenvalue weighted by atomic mass is 16.3. The van der Waals surface area contributed by atoms with Gasteiger partial charge in [0.2, 0.25) is 5.78 Å². The van der Waals surface area contributed by atoms with Crippen LogP contribution in [-0.2, 0) is 9.59 Å². The topological polar surface area (TPSA) is 77.8 Å².